The molecule has 0 saturated carbocycles. The van der Waals surface area contributed by atoms with E-state index >= 15 is 0 Å². The lowest BCUT2D eigenvalue weighted by molar-refractivity contribution is -0.131. The zero-order valence-electron chi connectivity index (χ0n) is 9.50. The number of methoxy groups -OCH3 is 1. The standard InChI is InChI=1S/C11H11ClF3NO2/c1-18-9-5-3-2-4-8(9)16(10(17)6-12)7-11(13,14)15/h2-5H,6-7H2,1H3. The summed E-state index contributed by atoms with van der Waals surface area (Å²) in [5.74, 6) is -1.19. The molecular formula is C11H11ClF3NO2. The van der Waals surface area contributed by atoms with E-state index in [0.717, 1.165) is 0 Å². The first-order chi connectivity index (χ1) is 8.39. The van der Waals surface area contributed by atoms with E-state index in [4.69, 9.17) is 16.3 Å². The van der Waals surface area contributed by atoms with Crippen LogP contribution in [0.15, 0.2) is 24.3 Å². The van der Waals surface area contributed by atoms with Crippen LogP contribution in [-0.4, -0.2) is 31.6 Å². The van der Waals surface area contributed by atoms with Crippen molar-refractivity contribution in [1.82, 2.24) is 0 Å². The van der Waals surface area contributed by atoms with Crippen LogP contribution in [0.3, 0.4) is 0 Å². The maximum absolute atomic E-state index is 12.4. The predicted octanol–water partition coefficient (Wildman–Crippen LogP) is 2.83. The van der Waals surface area contributed by atoms with Crippen molar-refractivity contribution in [2.45, 2.75) is 6.18 Å². The number of hydrogen-bond donors (Lipinski definition) is 0. The van der Waals surface area contributed by atoms with Crippen LogP contribution in [0.5, 0.6) is 5.75 Å². The lowest BCUT2D eigenvalue weighted by Crippen LogP contribution is -2.40. The molecule has 1 aromatic rings. The van der Waals surface area contributed by atoms with E-state index in [0.29, 0.717) is 4.90 Å². The zero-order valence-corrected chi connectivity index (χ0v) is 10.3. The molecule has 3 nitrogen and oxygen atoms in total. The monoisotopic (exact) mass is 281 g/mol. The van der Waals surface area contributed by atoms with Crippen LogP contribution < -0.4 is 9.64 Å². The number of nitrogens with zero attached hydrogens (tertiary/aromatic N) is 1. The Morgan fingerprint density at radius 3 is 2.50 bits per heavy atom. The van der Waals surface area contributed by atoms with Gasteiger partial charge in [0.15, 0.2) is 0 Å². The Hall–Kier alpha value is -1.43. The second kappa shape index (κ2) is 5.95. The summed E-state index contributed by atoms with van der Waals surface area (Å²) >= 11 is 5.32. The summed E-state index contributed by atoms with van der Waals surface area (Å²) in [7, 11) is 1.32. The molecule has 0 spiro atoms. The molecule has 1 rings (SSSR count). The molecule has 18 heavy (non-hydrogen) atoms. The molecule has 0 atom stereocenters. The van der Waals surface area contributed by atoms with E-state index in [9.17, 15) is 18.0 Å². The van der Waals surface area contributed by atoms with E-state index in [-0.39, 0.29) is 11.4 Å². The van der Waals surface area contributed by atoms with Gasteiger partial charge in [0.1, 0.15) is 18.2 Å². The smallest absolute Gasteiger partial charge is 0.406 e. The average molecular weight is 282 g/mol. The second-order valence-electron chi connectivity index (χ2n) is 3.40. The summed E-state index contributed by atoms with van der Waals surface area (Å²) in [6.07, 6.45) is -4.51. The van der Waals surface area contributed by atoms with Crippen molar-refractivity contribution >= 4 is 23.2 Å². The molecule has 0 fully saturated rings. The van der Waals surface area contributed by atoms with Gasteiger partial charge in [0.25, 0.3) is 0 Å². The number of anilines is 1. The average Bonchev–Trinajstić information content (AvgIpc) is 2.34. The molecule has 0 aromatic heterocycles. The quantitative estimate of drug-likeness (QED) is 0.794. The molecule has 0 unspecified atom stereocenters. The van der Waals surface area contributed by atoms with Gasteiger partial charge in [0.05, 0.1) is 12.8 Å². The number of halogens is 4. The normalized spacial score (nSPS) is 11.2. The first kappa shape index (κ1) is 14.6. The Kier molecular flexibility index (Phi) is 4.84. The number of alkyl halides is 4. The minimum Gasteiger partial charge on any atom is -0.495 e. The summed E-state index contributed by atoms with van der Waals surface area (Å²) in [6.45, 7) is -1.40. The zero-order chi connectivity index (χ0) is 13.8. The lowest BCUT2D eigenvalue weighted by atomic mass is 10.2. The topological polar surface area (TPSA) is 29.5 Å². The van der Waals surface area contributed by atoms with Gasteiger partial charge in [0, 0.05) is 0 Å². The molecule has 0 bridgehead atoms. The molecule has 0 aliphatic heterocycles. The van der Waals surface area contributed by atoms with E-state index in [1.54, 1.807) is 6.07 Å². The molecule has 1 amide bonds. The summed E-state index contributed by atoms with van der Waals surface area (Å²) in [4.78, 5) is 12.1. The highest BCUT2D eigenvalue weighted by molar-refractivity contribution is 6.29. The SMILES string of the molecule is COc1ccccc1N(CC(F)(F)F)C(=O)CCl. The van der Waals surface area contributed by atoms with Gasteiger partial charge in [-0.25, -0.2) is 0 Å². The van der Waals surface area contributed by atoms with E-state index < -0.39 is 24.5 Å². The summed E-state index contributed by atoms with van der Waals surface area (Å²) < 4.78 is 42.3. The van der Waals surface area contributed by atoms with Crippen molar-refractivity contribution in [1.29, 1.82) is 0 Å². The molecule has 1 aromatic carbocycles. The number of hydrogen-bond acceptors (Lipinski definition) is 2. The number of carbonyl (C=O) groups excluding carboxylic acids is 1. The van der Waals surface area contributed by atoms with Gasteiger partial charge in [-0.2, -0.15) is 13.2 Å². The van der Waals surface area contributed by atoms with Crippen molar-refractivity contribution in [3.05, 3.63) is 24.3 Å². The molecule has 7 heteroatoms. The molecule has 0 N–H and O–H groups in total. The van der Waals surface area contributed by atoms with Gasteiger partial charge in [-0.1, -0.05) is 12.1 Å². The molecule has 0 heterocycles. The van der Waals surface area contributed by atoms with Crippen LogP contribution >= 0.6 is 11.6 Å². The van der Waals surface area contributed by atoms with Crippen LogP contribution in [0.2, 0.25) is 0 Å². The van der Waals surface area contributed by atoms with Crippen LogP contribution in [0.4, 0.5) is 18.9 Å². The Morgan fingerprint density at radius 2 is 2.00 bits per heavy atom. The highest BCUT2D eigenvalue weighted by Gasteiger charge is 2.34. The van der Waals surface area contributed by atoms with Crippen molar-refractivity contribution < 1.29 is 22.7 Å². The fraction of sp³-hybridized carbons (Fsp3) is 0.364. The van der Waals surface area contributed by atoms with E-state index in [1.807, 2.05) is 0 Å². The Morgan fingerprint density at radius 1 is 1.39 bits per heavy atom. The van der Waals surface area contributed by atoms with Crippen molar-refractivity contribution in [3.63, 3.8) is 0 Å². The van der Waals surface area contributed by atoms with Crippen molar-refractivity contribution in [2.75, 3.05) is 24.4 Å². The van der Waals surface area contributed by atoms with Gasteiger partial charge >= 0.3 is 6.18 Å². The summed E-state index contributed by atoms with van der Waals surface area (Å²) in [5.41, 5.74) is 0.0444. The van der Waals surface area contributed by atoms with Crippen LogP contribution in [-0.2, 0) is 4.79 Å². The fourth-order valence-electron chi connectivity index (χ4n) is 1.41. The number of benzene rings is 1. The number of rotatable bonds is 4. The number of amides is 1. The van der Waals surface area contributed by atoms with Crippen LogP contribution in [0.25, 0.3) is 0 Å². The number of ether oxygens (including phenoxy) is 1. The Balaban J connectivity index is 3.13. The summed E-state index contributed by atoms with van der Waals surface area (Å²) in [6, 6.07) is 5.96. The highest BCUT2D eigenvalue weighted by atomic mass is 35.5. The third-order valence-electron chi connectivity index (χ3n) is 2.13. The lowest BCUT2D eigenvalue weighted by Gasteiger charge is -2.24. The molecular weight excluding hydrogens is 271 g/mol. The molecule has 0 radical (unpaired) electrons. The van der Waals surface area contributed by atoms with Gasteiger partial charge in [0.2, 0.25) is 5.91 Å². The van der Waals surface area contributed by atoms with Crippen LogP contribution in [0.1, 0.15) is 0 Å². The van der Waals surface area contributed by atoms with Gasteiger partial charge in [-0.05, 0) is 12.1 Å². The molecule has 0 aliphatic rings. The minimum absolute atomic E-state index is 0.0444. The maximum atomic E-state index is 12.4. The summed E-state index contributed by atoms with van der Waals surface area (Å²) in [5, 5.41) is 0. The third-order valence-corrected chi connectivity index (χ3v) is 2.36. The first-order valence-electron chi connectivity index (χ1n) is 4.95. The van der Waals surface area contributed by atoms with Crippen molar-refractivity contribution in [2.24, 2.45) is 0 Å². The molecule has 0 aliphatic carbocycles. The minimum atomic E-state index is -4.51. The van der Waals surface area contributed by atoms with E-state index in [1.165, 1.54) is 25.3 Å². The molecule has 100 valence electrons. The fourth-order valence-corrected chi connectivity index (χ4v) is 1.56. The number of carbonyl (C=O) groups is 1. The third kappa shape index (κ3) is 3.80. The number of para-hydroxylation sites is 2. The Labute approximate surface area is 107 Å². The van der Waals surface area contributed by atoms with Crippen LogP contribution in [0, 0.1) is 0 Å². The van der Waals surface area contributed by atoms with Gasteiger partial charge in [-0.15, -0.1) is 11.6 Å². The first-order valence-corrected chi connectivity index (χ1v) is 5.48. The molecule has 0 saturated heterocycles. The Bertz CT molecular complexity index is 423. The largest absolute Gasteiger partial charge is 0.495 e. The van der Waals surface area contributed by atoms with E-state index in [2.05, 4.69) is 0 Å². The highest BCUT2D eigenvalue weighted by Crippen LogP contribution is 2.30. The second-order valence-corrected chi connectivity index (χ2v) is 3.67. The predicted molar refractivity (Wildman–Crippen MR) is 62.1 cm³/mol. The van der Waals surface area contributed by atoms with Gasteiger partial charge in [-0.3, -0.25) is 9.69 Å². The van der Waals surface area contributed by atoms with Gasteiger partial charge < -0.3 is 4.74 Å². The van der Waals surface area contributed by atoms with Crippen molar-refractivity contribution in [3.8, 4) is 5.75 Å². The maximum Gasteiger partial charge on any atom is 0.406 e.